The van der Waals surface area contributed by atoms with Crippen molar-refractivity contribution < 1.29 is 19.5 Å². The van der Waals surface area contributed by atoms with Gasteiger partial charge in [-0.05, 0) is 19.3 Å². The smallest absolute Gasteiger partial charge is 0.318 e. The van der Waals surface area contributed by atoms with Gasteiger partial charge in [0.05, 0.1) is 5.92 Å². The molecule has 1 saturated carbocycles. The fourth-order valence-corrected chi connectivity index (χ4v) is 2.83. The average molecular weight is 283 g/mol. The Morgan fingerprint density at radius 2 is 2.00 bits per heavy atom. The van der Waals surface area contributed by atoms with E-state index in [-0.39, 0.29) is 24.5 Å². The second-order valence-corrected chi connectivity index (χ2v) is 5.41. The highest BCUT2D eigenvalue weighted by atomic mass is 16.4. The van der Waals surface area contributed by atoms with E-state index in [1.54, 1.807) is 0 Å². The van der Waals surface area contributed by atoms with Crippen LogP contribution in [0, 0.1) is 5.92 Å². The number of urea groups is 1. The molecule has 1 saturated heterocycles. The van der Waals surface area contributed by atoms with Gasteiger partial charge in [0.1, 0.15) is 6.54 Å². The van der Waals surface area contributed by atoms with Crippen molar-refractivity contribution in [2.24, 2.45) is 5.92 Å². The van der Waals surface area contributed by atoms with Crippen LogP contribution in [-0.4, -0.2) is 53.6 Å². The Morgan fingerprint density at radius 3 is 2.75 bits per heavy atom. The zero-order valence-electron chi connectivity index (χ0n) is 11.4. The van der Waals surface area contributed by atoms with Crippen molar-refractivity contribution in [3.05, 3.63) is 0 Å². The van der Waals surface area contributed by atoms with Gasteiger partial charge in [0.15, 0.2) is 0 Å². The molecule has 7 heteroatoms. The molecule has 20 heavy (non-hydrogen) atoms. The zero-order chi connectivity index (χ0) is 14.5. The third-order valence-electron chi connectivity index (χ3n) is 3.94. The molecule has 2 rings (SSSR count). The predicted octanol–water partition coefficient (Wildman–Crippen LogP) is 0.161. The molecule has 0 radical (unpaired) electrons. The van der Waals surface area contributed by atoms with Gasteiger partial charge in [-0.25, -0.2) is 4.79 Å². The third-order valence-corrected chi connectivity index (χ3v) is 3.94. The number of carboxylic acids is 1. The summed E-state index contributed by atoms with van der Waals surface area (Å²) in [5.74, 6) is -1.55. The first-order valence-electron chi connectivity index (χ1n) is 7.13. The number of carbonyl (C=O) groups is 3. The van der Waals surface area contributed by atoms with Crippen molar-refractivity contribution in [2.75, 3.05) is 19.6 Å². The van der Waals surface area contributed by atoms with Crippen molar-refractivity contribution in [1.29, 1.82) is 0 Å². The molecule has 0 aromatic carbocycles. The summed E-state index contributed by atoms with van der Waals surface area (Å²) in [6, 6.07) is -0.666. The van der Waals surface area contributed by atoms with E-state index in [1.165, 1.54) is 4.90 Å². The van der Waals surface area contributed by atoms with Gasteiger partial charge in [-0.3, -0.25) is 9.59 Å². The fraction of sp³-hybridized carbons (Fsp3) is 0.769. The molecule has 1 heterocycles. The number of rotatable bonds is 2. The first-order chi connectivity index (χ1) is 9.58. The summed E-state index contributed by atoms with van der Waals surface area (Å²) in [5, 5.41) is 14.7. The van der Waals surface area contributed by atoms with Gasteiger partial charge in [0.2, 0.25) is 5.91 Å². The largest absolute Gasteiger partial charge is 0.481 e. The molecule has 2 atom stereocenters. The van der Waals surface area contributed by atoms with E-state index in [2.05, 4.69) is 10.6 Å². The van der Waals surface area contributed by atoms with Gasteiger partial charge in [-0.1, -0.05) is 12.8 Å². The number of hydrogen-bond acceptors (Lipinski definition) is 3. The second-order valence-electron chi connectivity index (χ2n) is 5.41. The van der Waals surface area contributed by atoms with E-state index in [0.717, 1.165) is 12.8 Å². The third kappa shape index (κ3) is 3.61. The highest BCUT2D eigenvalue weighted by molar-refractivity contribution is 5.84. The molecule has 1 aliphatic heterocycles. The van der Waals surface area contributed by atoms with Gasteiger partial charge in [-0.2, -0.15) is 0 Å². The lowest BCUT2D eigenvalue weighted by Crippen LogP contribution is -2.51. The fourth-order valence-electron chi connectivity index (χ4n) is 2.83. The monoisotopic (exact) mass is 283 g/mol. The van der Waals surface area contributed by atoms with Crippen molar-refractivity contribution in [1.82, 2.24) is 15.5 Å². The molecule has 112 valence electrons. The standard InChI is InChI=1S/C13H21N3O4/c17-11-8-16(7-3-6-14-11)13(20)15-10-5-2-1-4-9(10)12(18)19/h9-10H,1-8H2,(H,14,17)(H,15,20)(H,18,19). The van der Waals surface area contributed by atoms with Gasteiger partial charge in [-0.15, -0.1) is 0 Å². The van der Waals surface area contributed by atoms with Crippen LogP contribution in [-0.2, 0) is 9.59 Å². The van der Waals surface area contributed by atoms with E-state index in [1.807, 2.05) is 0 Å². The van der Waals surface area contributed by atoms with Crippen LogP contribution in [0.15, 0.2) is 0 Å². The van der Waals surface area contributed by atoms with Crippen LogP contribution in [0.5, 0.6) is 0 Å². The Bertz CT molecular complexity index is 399. The molecule has 0 aromatic heterocycles. The Morgan fingerprint density at radius 1 is 1.25 bits per heavy atom. The molecular formula is C13H21N3O4. The summed E-state index contributed by atoms with van der Waals surface area (Å²) < 4.78 is 0. The summed E-state index contributed by atoms with van der Waals surface area (Å²) in [4.78, 5) is 36.3. The number of hydrogen-bond donors (Lipinski definition) is 3. The van der Waals surface area contributed by atoms with Crippen LogP contribution >= 0.6 is 0 Å². The average Bonchev–Trinajstić information content (AvgIpc) is 2.64. The molecular weight excluding hydrogens is 262 g/mol. The molecule has 1 aliphatic carbocycles. The Balaban J connectivity index is 1.94. The number of carbonyl (C=O) groups excluding carboxylic acids is 2. The maximum Gasteiger partial charge on any atom is 0.318 e. The van der Waals surface area contributed by atoms with Crippen molar-refractivity contribution in [3.8, 4) is 0 Å². The predicted molar refractivity (Wildman–Crippen MR) is 71.1 cm³/mol. The number of carboxylic acid groups (broad SMARTS) is 1. The van der Waals surface area contributed by atoms with Crippen molar-refractivity contribution in [3.63, 3.8) is 0 Å². The molecule has 2 unspecified atom stereocenters. The second kappa shape index (κ2) is 6.58. The highest BCUT2D eigenvalue weighted by Gasteiger charge is 2.33. The lowest BCUT2D eigenvalue weighted by atomic mass is 9.84. The first kappa shape index (κ1) is 14.6. The van der Waals surface area contributed by atoms with Crippen LogP contribution in [0.25, 0.3) is 0 Å². The molecule has 0 bridgehead atoms. The van der Waals surface area contributed by atoms with Crippen LogP contribution in [0.1, 0.15) is 32.1 Å². The summed E-state index contributed by atoms with van der Waals surface area (Å²) in [5.41, 5.74) is 0. The normalized spacial score (nSPS) is 27.4. The lowest BCUT2D eigenvalue weighted by Gasteiger charge is -2.31. The topological polar surface area (TPSA) is 98.7 Å². The molecule has 3 amide bonds. The Hall–Kier alpha value is -1.79. The SMILES string of the molecule is O=C1CN(C(=O)NC2CCCCC2C(=O)O)CCCN1. The van der Waals surface area contributed by atoms with Crippen LogP contribution in [0.3, 0.4) is 0 Å². The van der Waals surface area contributed by atoms with E-state index in [9.17, 15) is 19.5 Å². The summed E-state index contributed by atoms with van der Waals surface area (Å²) in [6.07, 6.45) is 3.81. The minimum absolute atomic E-state index is 0.0380. The summed E-state index contributed by atoms with van der Waals surface area (Å²) >= 11 is 0. The van der Waals surface area contributed by atoms with E-state index in [0.29, 0.717) is 32.4 Å². The maximum atomic E-state index is 12.2. The minimum atomic E-state index is -0.858. The first-order valence-corrected chi connectivity index (χ1v) is 7.13. The van der Waals surface area contributed by atoms with E-state index >= 15 is 0 Å². The molecule has 7 nitrogen and oxygen atoms in total. The maximum absolute atomic E-state index is 12.2. The molecule has 2 aliphatic rings. The highest BCUT2D eigenvalue weighted by Crippen LogP contribution is 2.24. The molecule has 3 N–H and O–H groups in total. The molecule has 0 aromatic rings. The van der Waals surface area contributed by atoms with Crippen LogP contribution in [0.4, 0.5) is 4.79 Å². The Kier molecular flexibility index (Phi) is 4.81. The zero-order valence-corrected chi connectivity index (χ0v) is 11.4. The number of amides is 3. The summed E-state index contributed by atoms with van der Waals surface area (Å²) in [7, 11) is 0. The lowest BCUT2D eigenvalue weighted by molar-refractivity contribution is -0.143. The van der Waals surface area contributed by atoms with Crippen molar-refractivity contribution in [2.45, 2.75) is 38.1 Å². The van der Waals surface area contributed by atoms with Gasteiger partial charge >= 0.3 is 12.0 Å². The van der Waals surface area contributed by atoms with Gasteiger partial charge in [0, 0.05) is 19.1 Å². The van der Waals surface area contributed by atoms with E-state index < -0.39 is 11.9 Å². The quantitative estimate of drug-likeness (QED) is 0.672. The number of nitrogens with one attached hydrogen (secondary N) is 2. The summed E-state index contributed by atoms with van der Waals surface area (Å²) in [6.45, 7) is 1.12. The Labute approximate surface area is 117 Å². The van der Waals surface area contributed by atoms with Crippen LogP contribution in [0.2, 0.25) is 0 Å². The van der Waals surface area contributed by atoms with Gasteiger partial charge < -0.3 is 20.6 Å². The minimum Gasteiger partial charge on any atom is -0.481 e. The van der Waals surface area contributed by atoms with E-state index in [4.69, 9.17) is 0 Å². The van der Waals surface area contributed by atoms with Crippen LogP contribution < -0.4 is 10.6 Å². The number of nitrogens with zero attached hydrogens (tertiary/aromatic N) is 1. The van der Waals surface area contributed by atoms with Gasteiger partial charge in [0.25, 0.3) is 0 Å². The molecule has 2 fully saturated rings. The van der Waals surface area contributed by atoms with Crippen molar-refractivity contribution >= 4 is 17.9 Å². The number of aliphatic carboxylic acids is 1. The molecule has 0 spiro atoms.